The first kappa shape index (κ1) is 10.3. The summed E-state index contributed by atoms with van der Waals surface area (Å²) < 4.78 is 0. The molecule has 0 amide bonds. The van der Waals surface area contributed by atoms with Crippen molar-refractivity contribution in [3.8, 4) is 0 Å². The molecule has 3 N–H and O–H groups in total. The molecule has 0 aromatic heterocycles. The highest BCUT2D eigenvalue weighted by molar-refractivity contribution is 5.85. The molecule has 4 bridgehead atoms. The fraction of sp³-hybridized carbons (Fsp3) is 0.909. The van der Waals surface area contributed by atoms with Crippen LogP contribution in [0.3, 0.4) is 0 Å². The van der Waals surface area contributed by atoms with Gasteiger partial charge in [0.1, 0.15) is 0 Å². The van der Waals surface area contributed by atoms with Gasteiger partial charge in [-0.05, 0) is 55.8 Å². The lowest BCUT2D eigenvalue weighted by Crippen LogP contribution is -2.49. The van der Waals surface area contributed by atoms with Crippen LogP contribution in [0.25, 0.3) is 0 Å². The van der Waals surface area contributed by atoms with Crippen LogP contribution in [0.2, 0.25) is 0 Å². The highest BCUT2D eigenvalue weighted by Gasteiger charge is 2.49. The summed E-state index contributed by atoms with van der Waals surface area (Å²) >= 11 is 0. The van der Waals surface area contributed by atoms with Crippen molar-refractivity contribution in [2.24, 2.45) is 35.3 Å². The van der Waals surface area contributed by atoms with Crippen LogP contribution in [0.1, 0.15) is 32.1 Å². The highest BCUT2D eigenvalue weighted by atomic mass is 35.5. The summed E-state index contributed by atoms with van der Waals surface area (Å²) in [6, 6.07) is 0. The Morgan fingerprint density at radius 2 is 1.36 bits per heavy atom. The Balaban J connectivity index is 0.000000750. The number of hydrogen-bond acceptors (Lipinski definition) is 1. The second-order valence-electron chi connectivity index (χ2n) is 5.41. The van der Waals surface area contributed by atoms with Crippen LogP contribution >= 0.6 is 12.4 Å². The van der Waals surface area contributed by atoms with Gasteiger partial charge in [0.25, 0.3) is 0 Å². The van der Waals surface area contributed by atoms with Gasteiger partial charge in [0.2, 0.25) is 0 Å². The highest BCUT2D eigenvalue weighted by Crippen LogP contribution is 2.56. The standard InChI is InChI=1S/C11H18N2.ClH/c12-11(13)10-8-2-6-1-7(4-8)5-9(10)3-6;/h6-10H,1-5H2,(H3,12,13);1H. The van der Waals surface area contributed by atoms with Crippen LogP contribution in [-0.4, -0.2) is 5.84 Å². The Bertz CT molecular complexity index is 224. The molecule has 4 aliphatic rings. The number of nitrogens with one attached hydrogen (secondary N) is 1. The normalized spacial score (nSPS) is 48.7. The van der Waals surface area contributed by atoms with Crippen LogP contribution in [0, 0.1) is 35.0 Å². The smallest absolute Gasteiger partial charge is 0.0942 e. The fourth-order valence-electron chi connectivity index (χ4n) is 4.43. The zero-order valence-corrected chi connectivity index (χ0v) is 9.22. The van der Waals surface area contributed by atoms with Gasteiger partial charge in [-0.1, -0.05) is 0 Å². The Labute approximate surface area is 91.5 Å². The van der Waals surface area contributed by atoms with Crippen molar-refractivity contribution in [3.63, 3.8) is 0 Å². The third-order valence-electron chi connectivity index (χ3n) is 4.59. The average Bonchev–Trinajstić information content (AvgIpc) is 2.00. The van der Waals surface area contributed by atoms with E-state index >= 15 is 0 Å². The monoisotopic (exact) mass is 214 g/mol. The number of amidine groups is 1. The van der Waals surface area contributed by atoms with Crippen LogP contribution in [-0.2, 0) is 0 Å². The summed E-state index contributed by atoms with van der Waals surface area (Å²) in [6.45, 7) is 0. The largest absolute Gasteiger partial charge is 0.387 e. The van der Waals surface area contributed by atoms with E-state index in [1.807, 2.05) is 0 Å². The molecule has 4 fully saturated rings. The average molecular weight is 215 g/mol. The molecule has 80 valence electrons. The molecular formula is C11H19ClN2. The lowest BCUT2D eigenvalue weighted by molar-refractivity contribution is -0.00891. The Kier molecular flexibility index (Phi) is 2.50. The van der Waals surface area contributed by atoms with Gasteiger partial charge in [0.15, 0.2) is 0 Å². The van der Waals surface area contributed by atoms with E-state index in [4.69, 9.17) is 11.1 Å². The van der Waals surface area contributed by atoms with E-state index in [0.29, 0.717) is 11.8 Å². The number of nitrogens with two attached hydrogens (primary N) is 1. The van der Waals surface area contributed by atoms with E-state index in [2.05, 4.69) is 0 Å². The van der Waals surface area contributed by atoms with Gasteiger partial charge in [-0.25, -0.2) is 0 Å². The second-order valence-corrected chi connectivity index (χ2v) is 5.41. The van der Waals surface area contributed by atoms with Gasteiger partial charge in [-0.3, -0.25) is 5.41 Å². The van der Waals surface area contributed by atoms with Gasteiger partial charge in [0.05, 0.1) is 5.84 Å². The van der Waals surface area contributed by atoms with Gasteiger partial charge < -0.3 is 5.73 Å². The van der Waals surface area contributed by atoms with E-state index in [1.54, 1.807) is 0 Å². The zero-order valence-electron chi connectivity index (χ0n) is 8.41. The molecule has 0 radical (unpaired) electrons. The van der Waals surface area contributed by atoms with Crippen LogP contribution in [0.15, 0.2) is 0 Å². The van der Waals surface area contributed by atoms with E-state index in [-0.39, 0.29) is 12.4 Å². The van der Waals surface area contributed by atoms with Crippen molar-refractivity contribution < 1.29 is 0 Å². The molecule has 0 saturated heterocycles. The van der Waals surface area contributed by atoms with Crippen LogP contribution in [0.4, 0.5) is 0 Å². The topological polar surface area (TPSA) is 49.9 Å². The minimum absolute atomic E-state index is 0. The minimum Gasteiger partial charge on any atom is -0.387 e. The predicted octanol–water partition coefficient (Wildman–Crippen LogP) is 2.42. The van der Waals surface area contributed by atoms with Crippen molar-refractivity contribution >= 4 is 18.2 Å². The minimum atomic E-state index is 0. The van der Waals surface area contributed by atoms with Gasteiger partial charge >= 0.3 is 0 Å². The molecule has 0 aromatic carbocycles. The SMILES string of the molecule is Cl.N=C(N)C1C2CC3CC(C2)CC1C3. The second kappa shape index (κ2) is 3.41. The third kappa shape index (κ3) is 1.35. The molecule has 3 heteroatoms. The van der Waals surface area contributed by atoms with Crippen molar-refractivity contribution in [3.05, 3.63) is 0 Å². The molecule has 4 aliphatic carbocycles. The quantitative estimate of drug-likeness (QED) is 0.511. The van der Waals surface area contributed by atoms with E-state index in [1.165, 1.54) is 32.1 Å². The molecule has 0 heterocycles. The van der Waals surface area contributed by atoms with Crippen molar-refractivity contribution in [1.82, 2.24) is 0 Å². The molecule has 2 nitrogen and oxygen atoms in total. The summed E-state index contributed by atoms with van der Waals surface area (Å²) in [6.07, 6.45) is 6.97. The van der Waals surface area contributed by atoms with Gasteiger partial charge in [-0.2, -0.15) is 0 Å². The summed E-state index contributed by atoms with van der Waals surface area (Å²) in [7, 11) is 0. The molecule has 14 heavy (non-hydrogen) atoms. The molecule has 0 spiro atoms. The molecule has 4 saturated carbocycles. The molecular weight excluding hydrogens is 196 g/mol. The lowest BCUT2D eigenvalue weighted by Gasteiger charge is -2.54. The van der Waals surface area contributed by atoms with Crippen LogP contribution in [0.5, 0.6) is 0 Å². The predicted molar refractivity (Wildman–Crippen MR) is 59.7 cm³/mol. The summed E-state index contributed by atoms with van der Waals surface area (Å²) in [5.74, 6) is 4.51. The lowest BCUT2D eigenvalue weighted by atomic mass is 9.51. The molecule has 0 atom stereocenters. The molecule has 4 rings (SSSR count). The zero-order chi connectivity index (χ0) is 9.00. The Morgan fingerprint density at radius 1 is 0.929 bits per heavy atom. The third-order valence-corrected chi connectivity index (χ3v) is 4.59. The summed E-state index contributed by atoms with van der Waals surface area (Å²) in [4.78, 5) is 0. The van der Waals surface area contributed by atoms with Gasteiger partial charge in [0, 0.05) is 5.92 Å². The number of halogens is 1. The van der Waals surface area contributed by atoms with Crippen molar-refractivity contribution in [2.75, 3.05) is 0 Å². The molecule has 0 aliphatic heterocycles. The Morgan fingerprint density at radius 3 is 1.71 bits per heavy atom. The van der Waals surface area contributed by atoms with Crippen molar-refractivity contribution in [2.45, 2.75) is 32.1 Å². The maximum absolute atomic E-state index is 7.65. The number of hydrogen-bond donors (Lipinski definition) is 2. The molecule has 0 aromatic rings. The first-order valence-electron chi connectivity index (χ1n) is 5.58. The van der Waals surface area contributed by atoms with Gasteiger partial charge in [-0.15, -0.1) is 12.4 Å². The Hall–Kier alpha value is -0.240. The summed E-state index contributed by atoms with van der Waals surface area (Å²) in [5, 5.41) is 7.65. The first-order chi connectivity index (χ1) is 6.24. The van der Waals surface area contributed by atoms with E-state index in [0.717, 1.165) is 23.7 Å². The maximum atomic E-state index is 7.65. The van der Waals surface area contributed by atoms with Crippen molar-refractivity contribution in [1.29, 1.82) is 5.41 Å². The first-order valence-corrected chi connectivity index (χ1v) is 5.58. The van der Waals surface area contributed by atoms with Crippen LogP contribution < -0.4 is 5.73 Å². The fourth-order valence-corrected chi connectivity index (χ4v) is 4.43. The maximum Gasteiger partial charge on any atom is 0.0942 e. The molecule has 0 unspecified atom stereocenters. The summed E-state index contributed by atoms with van der Waals surface area (Å²) in [5.41, 5.74) is 5.70. The number of rotatable bonds is 1. The van der Waals surface area contributed by atoms with E-state index in [9.17, 15) is 0 Å². The van der Waals surface area contributed by atoms with E-state index < -0.39 is 0 Å².